The molecule has 1 aliphatic rings. The zero-order valence-corrected chi connectivity index (χ0v) is 19.9. The number of cyclic esters (lactones) is 2. The van der Waals surface area contributed by atoms with Crippen LogP contribution in [0.1, 0.15) is 37.7 Å². The molecule has 1 fully saturated rings. The summed E-state index contributed by atoms with van der Waals surface area (Å²) in [5.41, 5.74) is -0.441. The van der Waals surface area contributed by atoms with Gasteiger partial charge in [0.1, 0.15) is 18.6 Å². The number of hydrogen-bond donors (Lipinski definition) is 2. The first-order valence-corrected chi connectivity index (χ1v) is 10.7. The Morgan fingerprint density at radius 3 is 2.51 bits per heavy atom. The number of aromatic hydroxyl groups is 1. The van der Waals surface area contributed by atoms with Gasteiger partial charge in [-0.05, 0) is 6.92 Å². The van der Waals surface area contributed by atoms with E-state index in [9.17, 15) is 29.1 Å². The molecule has 2 rings (SSSR count). The fourth-order valence-electron chi connectivity index (χ4n) is 3.14. The molecule has 1 aromatic heterocycles. The molecule has 2 heterocycles. The van der Waals surface area contributed by atoms with E-state index in [-0.39, 0.29) is 5.75 Å². The highest BCUT2D eigenvalue weighted by Gasteiger charge is 2.43. The van der Waals surface area contributed by atoms with E-state index in [1.165, 1.54) is 26.3 Å². The quantitative estimate of drug-likeness (QED) is 0.386. The maximum atomic E-state index is 12.9. The Morgan fingerprint density at radius 2 is 1.91 bits per heavy atom. The average molecular weight is 496 g/mol. The van der Waals surface area contributed by atoms with Crippen molar-refractivity contribution >= 4 is 29.8 Å². The SMILES string of the molecule is COC(=O)C[C@H]1C(=O)OC[C@H](NC(=O)c2nccc(OC)c2O)C(=O)O[C@@H](C)[C@@H]1OC(=O)C(C)C. The first-order chi connectivity index (χ1) is 16.5. The van der Waals surface area contributed by atoms with Gasteiger partial charge >= 0.3 is 23.9 Å². The van der Waals surface area contributed by atoms with E-state index >= 15 is 0 Å². The lowest BCUT2D eigenvalue weighted by Gasteiger charge is -2.29. The summed E-state index contributed by atoms with van der Waals surface area (Å²) in [5.74, 6) is -6.92. The van der Waals surface area contributed by atoms with Gasteiger partial charge in [-0.3, -0.25) is 19.2 Å². The minimum atomic E-state index is -1.50. The van der Waals surface area contributed by atoms with Gasteiger partial charge in [-0.15, -0.1) is 0 Å². The molecule has 0 unspecified atom stereocenters. The van der Waals surface area contributed by atoms with Gasteiger partial charge in [0.2, 0.25) is 0 Å². The number of aromatic nitrogens is 1. The van der Waals surface area contributed by atoms with Crippen LogP contribution in [0.15, 0.2) is 12.3 Å². The van der Waals surface area contributed by atoms with Crippen molar-refractivity contribution in [2.24, 2.45) is 11.8 Å². The van der Waals surface area contributed by atoms with Crippen molar-refractivity contribution in [3.8, 4) is 11.5 Å². The number of esters is 4. The number of nitrogens with one attached hydrogen (secondary N) is 1. The number of ether oxygens (including phenoxy) is 5. The Balaban J connectivity index is 2.32. The number of carbonyl (C=O) groups is 5. The molecule has 192 valence electrons. The summed E-state index contributed by atoms with van der Waals surface area (Å²) < 4.78 is 25.5. The first kappa shape index (κ1) is 27.3. The predicted molar refractivity (Wildman–Crippen MR) is 115 cm³/mol. The Morgan fingerprint density at radius 1 is 1.23 bits per heavy atom. The van der Waals surface area contributed by atoms with Crippen LogP contribution in [0.25, 0.3) is 0 Å². The maximum Gasteiger partial charge on any atom is 0.332 e. The second-order valence-corrected chi connectivity index (χ2v) is 7.95. The third-order valence-electron chi connectivity index (χ3n) is 5.11. The highest BCUT2D eigenvalue weighted by molar-refractivity contribution is 5.98. The average Bonchev–Trinajstić information content (AvgIpc) is 2.85. The maximum absolute atomic E-state index is 12.9. The molecule has 1 amide bonds. The topological polar surface area (TPSA) is 177 Å². The second-order valence-electron chi connectivity index (χ2n) is 7.95. The molecule has 13 heteroatoms. The summed E-state index contributed by atoms with van der Waals surface area (Å²) in [4.78, 5) is 66.3. The summed E-state index contributed by atoms with van der Waals surface area (Å²) in [5, 5.41) is 12.4. The third kappa shape index (κ3) is 6.80. The Hall–Kier alpha value is -3.90. The van der Waals surface area contributed by atoms with Crippen LogP contribution in [0.4, 0.5) is 0 Å². The van der Waals surface area contributed by atoms with Crippen molar-refractivity contribution in [3.63, 3.8) is 0 Å². The van der Waals surface area contributed by atoms with E-state index in [1.807, 2.05) is 0 Å². The summed E-state index contributed by atoms with van der Waals surface area (Å²) in [6.45, 7) is 3.83. The van der Waals surface area contributed by atoms with Gasteiger partial charge < -0.3 is 34.1 Å². The summed E-state index contributed by atoms with van der Waals surface area (Å²) in [6, 6.07) is -0.177. The van der Waals surface area contributed by atoms with Gasteiger partial charge in [-0.1, -0.05) is 13.8 Å². The van der Waals surface area contributed by atoms with Crippen LogP contribution in [0.3, 0.4) is 0 Å². The Labute approximate surface area is 201 Å². The number of amides is 1. The zero-order valence-electron chi connectivity index (χ0n) is 19.9. The molecule has 35 heavy (non-hydrogen) atoms. The van der Waals surface area contributed by atoms with Crippen molar-refractivity contribution in [2.45, 2.75) is 45.4 Å². The van der Waals surface area contributed by atoms with E-state index < -0.39 is 84.3 Å². The summed E-state index contributed by atoms with van der Waals surface area (Å²) in [6.07, 6.45) is -1.86. The molecule has 0 saturated carbocycles. The van der Waals surface area contributed by atoms with E-state index in [0.29, 0.717) is 0 Å². The molecule has 1 aliphatic heterocycles. The van der Waals surface area contributed by atoms with Crippen molar-refractivity contribution in [1.82, 2.24) is 10.3 Å². The van der Waals surface area contributed by atoms with Crippen LogP contribution in [0.5, 0.6) is 11.5 Å². The lowest BCUT2D eigenvalue weighted by molar-refractivity contribution is -0.178. The van der Waals surface area contributed by atoms with Crippen LogP contribution in [-0.4, -0.2) is 79.0 Å². The highest BCUT2D eigenvalue weighted by Crippen LogP contribution is 2.28. The third-order valence-corrected chi connectivity index (χ3v) is 5.11. The molecule has 0 aliphatic carbocycles. The molecule has 0 aromatic carbocycles. The predicted octanol–water partition coefficient (Wildman–Crippen LogP) is 0.130. The number of pyridine rings is 1. The molecular formula is C22H28N2O11. The number of carbonyl (C=O) groups excluding carboxylic acids is 5. The van der Waals surface area contributed by atoms with Crippen LogP contribution < -0.4 is 10.1 Å². The highest BCUT2D eigenvalue weighted by atomic mass is 16.6. The smallest absolute Gasteiger partial charge is 0.332 e. The molecular weight excluding hydrogens is 468 g/mol. The molecule has 0 spiro atoms. The lowest BCUT2D eigenvalue weighted by Crippen LogP contribution is -2.47. The Kier molecular flexibility index (Phi) is 9.37. The van der Waals surface area contributed by atoms with E-state index in [1.54, 1.807) is 13.8 Å². The van der Waals surface area contributed by atoms with Gasteiger partial charge in [-0.2, -0.15) is 0 Å². The van der Waals surface area contributed by atoms with E-state index in [4.69, 9.17) is 18.9 Å². The minimum Gasteiger partial charge on any atom is -0.503 e. The van der Waals surface area contributed by atoms with Crippen LogP contribution in [-0.2, 0) is 38.1 Å². The van der Waals surface area contributed by atoms with Crippen molar-refractivity contribution in [1.29, 1.82) is 0 Å². The molecule has 0 bridgehead atoms. The number of methoxy groups -OCH3 is 2. The molecule has 0 radical (unpaired) electrons. The molecule has 13 nitrogen and oxygen atoms in total. The fraction of sp³-hybridized carbons (Fsp3) is 0.545. The molecule has 2 N–H and O–H groups in total. The monoisotopic (exact) mass is 496 g/mol. The standard InChI is InChI=1S/C22H28N2O11/c1-10(2)20(28)35-18-11(3)34-22(30)13(9-33-21(29)12(18)8-15(25)32-5)24-19(27)16-17(26)14(31-4)6-7-23-16/h6-7,10-13,18,26H,8-9H2,1-5H3,(H,24,27)/t11-,12+,13-,18-/m0/s1. The van der Waals surface area contributed by atoms with Gasteiger partial charge in [0, 0.05) is 12.3 Å². The van der Waals surface area contributed by atoms with Gasteiger partial charge in [0.05, 0.1) is 26.6 Å². The largest absolute Gasteiger partial charge is 0.503 e. The van der Waals surface area contributed by atoms with Crippen molar-refractivity contribution in [3.05, 3.63) is 18.0 Å². The second kappa shape index (κ2) is 12.0. The molecule has 4 atom stereocenters. The molecule has 1 aromatic rings. The zero-order chi connectivity index (χ0) is 26.3. The number of rotatable bonds is 7. The summed E-state index contributed by atoms with van der Waals surface area (Å²) >= 11 is 0. The van der Waals surface area contributed by atoms with E-state index in [0.717, 1.165) is 7.11 Å². The van der Waals surface area contributed by atoms with Gasteiger partial charge in [0.15, 0.2) is 29.3 Å². The van der Waals surface area contributed by atoms with Gasteiger partial charge in [-0.25, -0.2) is 9.78 Å². The summed E-state index contributed by atoms with van der Waals surface area (Å²) in [7, 11) is 2.40. The van der Waals surface area contributed by atoms with E-state index in [2.05, 4.69) is 15.0 Å². The minimum absolute atomic E-state index is 0.0253. The number of nitrogens with zero attached hydrogens (tertiary/aromatic N) is 1. The van der Waals surface area contributed by atoms with Crippen LogP contribution in [0.2, 0.25) is 0 Å². The first-order valence-electron chi connectivity index (χ1n) is 10.7. The number of hydrogen-bond acceptors (Lipinski definition) is 12. The van der Waals surface area contributed by atoms with Crippen molar-refractivity contribution in [2.75, 3.05) is 20.8 Å². The van der Waals surface area contributed by atoms with Crippen LogP contribution in [0, 0.1) is 11.8 Å². The molecule has 1 saturated heterocycles. The van der Waals surface area contributed by atoms with Gasteiger partial charge in [0.25, 0.3) is 5.91 Å². The van der Waals surface area contributed by atoms with Crippen molar-refractivity contribution < 1.29 is 52.8 Å². The fourth-order valence-corrected chi connectivity index (χ4v) is 3.14. The normalized spacial score (nSPS) is 22.6. The lowest BCUT2D eigenvalue weighted by atomic mass is 9.94. The van der Waals surface area contributed by atoms with Crippen LogP contribution >= 0.6 is 0 Å². The Bertz CT molecular complexity index is 978.